The Kier molecular flexibility index (Phi) is 5.44. The highest BCUT2D eigenvalue weighted by Gasteiger charge is 2.26. The molecule has 0 aliphatic carbocycles. The maximum atomic E-state index is 12.2. The normalized spacial score (nSPS) is 20.1. The lowest BCUT2D eigenvalue weighted by Crippen LogP contribution is -2.50. The van der Waals surface area contributed by atoms with Gasteiger partial charge in [0, 0.05) is 18.0 Å². The summed E-state index contributed by atoms with van der Waals surface area (Å²) in [7, 11) is 0. The molecule has 2 amide bonds. The van der Waals surface area contributed by atoms with Crippen LogP contribution in [-0.2, 0) is 9.53 Å². The molecule has 0 saturated carbocycles. The van der Waals surface area contributed by atoms with Crippen LogP contribution in [0, 0.1) is 0 Å². The number of hydrogen-bond acceptors (Lipinski definition) is 4. The Labute approximate surface area is 131 Å². The molecule has 0 bridgehead atoms. The smallest absolute Gasteiger partial charge is 0.318 e. The number of carboxylic acids is 1. The molecule has 2 N–H and O–H groups in total. The van der Waals surface area contributed by atoms with Crippen LogP contribution in [0.5, 0.6) is 0 Å². The maximum absolute atomic E-state index is 12.2. The molecule has 2 unspecified atom stereocenters. The standard InChI is InChI=1S/C13H17ClN2O4S/c1-8(10-2-3-11(14)21-10)15-13(19)16-4-5-20-9(7-16)6-12(17)18/h2-3,8-9H,4-7H2,1H3,(H,15,19)(H,17,18). The molecule has 2 heterocycles. The number of rotatable bonds is 4. The van der Waals surface area contributed by atoms with Gasteiger partial charge in [-0.1, -0.05) is 11.6 Å². The molecule has 116 valence electrons. The molecule has 1 aromatic heterocycles. The Morgan fingerprint density at radius 3 is 3.00 bits per heavy atom. The second kappa shape index (κ2) is 7.11. The summed E-state index contributed by atoms with van der Waals surface area (Å²) in [6.45, 7) is 2.98. The summed E-state index contributed by atoms with van der Waals surface area (Å²) in [4.78, 5) is 25.5. The van der Waals surface area contributed by atoms with Crippen molar-refractivity contribution in [3.63, 3.8) is 0 Å². The number of morpholine rings is 1. The van der Waals surface area contributed by atoms with Gasteiger partial charge in [-0.15, -0.1) is 11.3 Å². The SMILES string of the molecule is CC(NC(=O)N1CCOC(CC(=O)O)C1)c1ccc(Cl)s1. The molecule has 1 saturated heterocycles. The van der Waals surface area contributed by atoms with Gasteiger partial charge in [0.2, 0.25) is 0 Å². The van der Waals surface area contributed by atoms with Crippen molar-refractivity contribution in [2.24, 2.45) is 0 Å². The number of carbonyl (C=O) groups is 2. The summed E-state index contributed by atoms with van der Waals surface area (Å²) < 4.78 is 6.02. The van der Waals surface area contributed by atoms with Crippen LogP contribution >= 0.6 is 22.9 Å². The molecule has 6 nitrogen and oxygen atoms in total. The van der Waals surface area contributed by atoms with Gasteiger partial charge in [-0.25, -0.2) is 4.79 Å². The van der Waals surface area contributed by atoms with E-state index >= 15 is 0 Å². The van der Waals surface area contributed by atoms with E-state index < -0.39 is 12.1 Å². The molecule has 0 radical (unpaired) electrons. The van der Waals surface area contributed by atoms with E-state index in [-0.39, 0.29) is 25.0 Å². The number of carbonyl (C=O) groups excluding carboxylic acids is 1. The Bertz CT molecular complexity index is 522. The van der Waals surface area contributed by atoms with E-state index in [1.54, 1.807) is 11.0 Å². The molecule has 2 atom stereocenters. The van der Waals surface area contributed by atoms with Gasteiger partial charge in [-0.2, -0.15) is 0 Å². The number of thiophene rings is 1. The van der Waals surface area contributed by atoms with Crippen LogP contribution < -0.4 is 5.32 Å². The highest BCUT2D eigenvalue weighted by molar-refractivity contribution is 7.16. The number of urea groups is 1. The molecule has 1 aromatic rings. The lowest BCUT2D eigenvalue weighted by molar-refractivity contribution is -0.141. The van der Waals surface area contributed by atoms with Crippen LogP contribution in [-0.4, -0.2) is 47.8 Å². The lowest BCUT2D eigenvalue weighted by atomic mass is 10.2. The second-order valence-corrected chi connectivity index (χ2v) is 6.60. The molecule has 21 heavy (non-hydrogen) atoms. The van der Waals surface area contributed by atoms with Crippen LogP contribution in [0.2, 0.25) is 4.34 Å². The molecular weight excluding hydrogens is 316 g/mol. The van der Waals surface area contributed by atoms with Gasteiger partial charge in [0.05, 0.1) is 29.5 Å². The first-order chi connectivity index (χ1) is 9.95. The Morgan fingerprint density at radius 2 is 2.38 bits per heavy atom. The third kappa shape index (κ3) is 4.59. The fraction of sp³-hybridized carbons (Fsp3) is 0.538. The Balaban J connectivity index is 1.89. The third-order valence-corrected chi connectivity index (χ3v) is 4.60. The van der Waals surface area contributed by atoms with E-state index in [4.69, 9.17) is 21.4 Å². The van der Waals surface area contributed by atoms with E-state index in [0.717, 1.165) is 4.88 Å². The van der Waals surface area contributed by atoms with E-state index in [2.05, 4.69) is 5.32 Å². The van der Waals surface area contributed by atoms with Crippen LogP contribution in [0.25, 0.3) is 0 Å². The fourth-order valence-electron chi connectivity index (χ4n) is 2.13. The summed E-state index contributed by atoms with van der Waals surface area (Å²) in [5.74, 6) is -0.927. The second-order valence-electron chi connectivity index (χ2n) is 4.85. The lowest BCUT2D eigenvalue weighted by Gasteiger charge is -2.33. The number of halogens is 1. The highest BCUT2D eigenvalue weighted by Crippen LogP contribution is 2.26. The molecule has 0 spiro atoms. The van der Waals surface area contributed by atoms with Gasteiger partial charge in [0.15, 0.2) is 0 Å². The van der Waals surface area contributed by atoms with Crippen molar-refractivity contribution in [1.29, 1.82) is 0 Å². The van der Waals surface area contributed by atoms with Crippen molar-refractivity contribution >= 4 is 34.9 Å². The first kappa shape index (κ1) is 16.1. The van der Waals surface area contributed by atoms with Crippen molar-refractivity contribution in [3.8, 4) is 0 Å². The van der Waals surface area contributed by atoms with Gasteiger partial charge in [0.25, 0.3) is 0 Å². The molecule has 2 rings (SSSR count). The first-order valence-electron chi connectivity index (χ1n) is 6.59. The van der Waals surface area contributed by atoms with Crippen molar-refractivity contribution in [1.82, 2.24) is 10.2 Å². The predicted octanol–water partition coefficient (Wildman–Crippen LogP) is 2.35. The predicted molar refractivity (Wildman–Crippen MR) is 79.8 cm³/mol. The zero-order valence-electron chi connectivity index (χ0n) is 11.5. The van der Waals surface area contributed by atoms with Gasteiger partial charge in [-0.3, -0.25) is 4.79 Å². The van der Waals surface area contributed by atoms with Gasteiger partial charge < -0.3 is 20.1 Å². The number of hydrogen-bond donors (Lipinski definition) is 2. The minimum Gasteiger partial charge on any atom is -0.481 e. The molecule has 8 heteroatoms. The van der Waals surface area contributed by atoms with E-state index in [1.807, 2.05) is 13.0 Å². The minimum absolute atomic E-state index is 0.0974. The Hall–Kier alpha value is -1.31. The average molecular weight is 333 g/mol. The zero-order valence-corrected chi connectivity index (χ0v) is 13.1. The Morgan fingerprint density at radius 1 is 1.62 bits per heavy atom. The molecule has 1 aliphatic heterocycles. The number of aliphatic carboxylic acids is 1. The van der Waals surface area contributed by atoms with Crippen molar-refractivity contribution in [2.75, 3.05) is 19.7 Å². The largest absolute Gasteiger partial charge is 0.481 e. The molecule has 1 aliphatic rings. The molecule has 1 fully saturated rings. The number of carboxylic acid groups (broad SMARTS) is 1. The summed E-state index contributed by atoms with van der Waals surface area (Å²) in [5, 5.41) is 11.7. The topological polar surface area (TPSA) is 78.9 Å². The summed E-state index contributed by atoms with van der Waals surface area (Å²) in [6.07, 6.45) is -0.548. The number of nitrogens with zero attached hydrogens (tertiary/aromatic N) is 1. The van der Waals surface area contributed by atoms with Crippen molar-refractivity contribution in [3.05, 3.63) is 21.3 Å². The highest BCUT2D eigenvalue weighted by atomic mass is 35.5. The van der Waals surface area contributed by atoms with E-state index in [0.29, 0.717) is 17.5 Å². The zero-order chi connectivity index (χ0) is 15.4. The number of ether oxygens (including phenoxy) is 1. The van der Waals surface area contributed by atoms with E-state index in [9.17, 15) is 9.59 Å². The first-order valence-corrected chi connectivity index (χ1v) is 7.79. The summed E-state index contributed by atoms with van der Waals surface area (Å²) in [6, 6.07) is 3.31. The van der Waals surface area contributed by atoms with Gasteiger partial charge >= 0.3 is 12.0 Å². The molecular formula is C13H17ClN2O4S. The van der Waals surface area contributed by atoms with Crippen LogP contribution in [0.3, 0.4) is 0 Å². The fourth-order valence-corrected chi connectivity index (χ4v) is 3.19. The quantitative estimate of drug-likeness (QED) is 0.887. The number of amides is 2. The van der Waals surface area contributed by atoms with Gasteiger partial charge in [0.1, 0.15) is 0 Å². The van der Waals surface area contributed by atoms with Crippen LogP contribution in [0.1, 0.15) is 24.3 Å². The number of nitrogens with one attached hydrogen (secondary N) is 1. The monoisotopic (exact) mass is 332 g/mol. The minimum atomic E-state index is -0.927. The third-order valence-electron chi connectivity index (χ3n) is 3.19. The van der Waals surface area contributed by atoms with Crippen molar-refractivity contribution in [2.45, 2.75) is 25.5 Å². The summed E-state index contributed by atoms with van der Waals surface area (Å²) in [5.41, 5.74) is 0. The van der Waals surface area contributed by atoms with E-state index in [1.165, 1.54) is 11.3 Å². The molecule has 0 aromatic carbocycles. The van der Waals surface area contributed by atoms with Crippen LogP contribution in [0.15, 0.2) is 12.1 Å². The van der Waals surface area contributed by atoms with Gasteiger partial charge in [-0.05, 0) is 19.1 Å². The summed E-state index contributed by atoms with van der Waals surface area (Å²) >= 11 is 7.30. The maximum Gasteiger partial charge on any atom is 0.318 e. The van der Waals surface area contributed by atoms with Crippen molar-refractivity contribution < 1.29 is 19.4 Å². The average Bonchev–Trinajstić information content (AvgIpc) is 2.85. The van der Waals surface area contributed by atoms with Crippen LogP contribution in [0.4, 0.5) is 4.79 Å².